The predicted molar refractivity (Wildman–Crippen MR) is 77.5 cm³/mol. The van der Waals surface area contributed by atoms with E-state index in [0.717, 1.165) is 31.6 Å². The maximum Gasteiger partial charge on any atom is 0.236 e. The number of nitrogens with two attached hydrogens (primary N) is 1. The molecule has 1 amide bonds. The van der Waals surface area contributed by atoms with Crippen LogP contribution in [0, 0.1) is 0 Å². The molecule has 3 rings (SSSR count). The van der Waals surface area contributed by atoms with E-state index >= 15 is 0 Å². The molecule has 0 saturated heterocycles. The monoisotopic (exact) mass is 274 g/mol. The molecule has 0 spiro atoms. The van der Waals surface area contributed by atoms with E-state index in [2.05, 4.69) is 12.1 Å². The Morgan fingerprint density at radius 1 is 1.35 bits per heavy atom. The van der Waals surface area contributed by atoms with Gasteiger partial charge in [0.1, 0.15) is 5.75 Å². The van der Waals surface area contributed by atoms with E-state index in [1.54, 1.807) is 0 Å². The van der Waals surface area contributed by atoms with Gasteiger partial charge in [-0.15, -0.1) is 0 Å². The number of hydrogen-bond donors (Lipinski definition) is 1. The van der Waals surface area contributed by atoms with Crippen LogP contribution in [0.1, 0.15) is 36.8 Å². The van der Waals surface area contributed by atoms with Crippen LogP contribution in [-0.2, 0) is 17.8 Å². The molecule has 1 saturated carbocycles. The number of rotatable bonds is 4. The summed E-state index contributed by atoms with van der Waals surface area (Å²) in [5.41, 5.74) is 8.01. The van der Waals surface area contributed by atoms with Crippen LogP contribution < -0.4 is 10.5 Å². The first-order valence-corrected chi connectivity index (χ1v) is 7.52. The lowest BCUT2D eigenvalue weighted by Gasteiger charge is -2.29. The molecule has 2 N–H and O–H groups in total. The quantitative estimate of drug-likeness (QED) is 0.911. The van der Waals surface area contributed by atoms with Crippen molar-refractivity contribution in [2.24, 2.45) is 5.73 Å². The minimum atomic E-state index is 0.0636. The molecule has 0 unspecified atom stereocenters. The Hall–Kier alpha value is -1.55. The minimum absolute atomic E-state index is 0.0636. The number of benzene rings is 1. The van der Waals surface area contributed by atoms with Gasteiger partial charge in [-0.3, -0.25) is 4.79 Å². The second-order valence-corrected chi connectivity index (χ2v) is 5.70. The lowest BCUT2D eigenvalue weighted by Crippen LogP contribution is -2.41. The Morgan fingerprint density at radius 3 is 2.90 bits per heavy atom. The summed E-state index contributed by atoms with van der Waals surface area (Å²) >= 11 is 0. The minimum Gasteiger partial charge on any atom is -0.493 e. The Morgan fingerprint density at radius 2 is 2.15 bits per heavy atom. The molecule has 1 heterocycles. The summed E-state index contributed by atoms with van der Waals surface area (Å²) < 4.78 is 5.53. The van der Waals surface area contributed by atoms with Gasteiger partial charge >= 0.3 is 0 Å². The van der Waals surface area contributed by atoms with Crippen LogP contribution in [0.4, 0.5) is 0 Å². The van der Waals surface area contributed by atoms with Crippen molar-refractivity contribution in [3.8, 4) is 5.75 Å². The second-order valence-electron chi connectivity index (χ2n) is 5.70. The molecule has 4 nitrogen and oxygen atoms in total. The van der Waals surface area contributed by atoms with Crippen LogP contribution in [0.5, 0.6) is 5.75 Å². The standard InChI is InChI=1S/C16H22N2O2/c17-10-16(19)18(14-3-1-2-4-14)11-12-5-6-15-13(9-12)7-8-20-15/h5-6,9,14H,1-4,7-8,10-11,17H2. The van der Waals surface area contributed by atoms with Crippen LogP contribution in [0.3, 0.4) is 0 Å². The van der Waals surface area contributed by atoms with E-state index in [4.69, 9.17) is 10.5 Å². The van der Waals surface area contributed by atoms with Gasteiger partial charge in [0, 0.05) is 19.0 Å². The van der Waals surface area contributed by atoms with Crippen molar-refractivity contribution in [1.29, 1.82) is 0 Å². The molecule has 1 aromatic rings. The van der Waals surface area contributed by atoms with Crippen LogP contribution in [-0.4, -0.2) is 30.0 Å². The first-order valence-electron chi connectivity index (χ1n) is 7.52. The van der Waals surface area contributed by atoms with Gasteiger partial charge in [0.25, 0.3) is 0 Å². The molecule has 1 aromatic carbocycles. The van der Waals surface area contributed by atoms with Crippen molar-refractivity contribution in [2.75, 3.05) is 13.2 Å². The molecule has 20 heavy (non-hydrogen) atoms. The molecule has 0 radical (unpaired) electrons. The van der Waals surface area contributed by atoms with Crippen LogP contribution in [0.2, 0.25) is 0 Å². The molecule has 1 fully saturated rings. The molecule has 2 aliphatic rings. The van der Waals surface area contributed by atoms with Crippen molar-refractivity contribution < 1.29 is 9.53 Å². The summed E-state index contributed by atoms with van der Waals surface area (Å²) in [7, 11) is 0. The third-order valence-corrected chi connectivity index (χ3v) is 4.37. The fraction of sp³-hybridized carbons (Fsp3) is 0.562. The molecule has 0 aromatic heterocycles. The zero-order chi connectivity index (χ0) is 13.9. The van der Waals surface area contributed by atoms with E-state index in [9.17, 15) is 4.79 Å². The summed E-state index contributed by atoms with van der Waals surface area (Å²) in [6.45, 7) is 1.55. The van der Waals surface area contributed by atoms with E-state index in [-0.39, 0.29) is 12.5 Å². The van der Waals surface area contributed by atoms with Crippen LogP contribution in [0.25, 0.3) is 0 Å². The van der Waals surface area contributed by atoms with Gasteiger partial charge < -0.3 is 15.4 Å². The van der Waals surface area contributed by atoms with Crippen molar-refractivity contribution in [2.45, 2.75) is 44.7 Å². The topological polar surface area (TPSA) is 55.6 Å². The summed E-state index contributed by atoms with van der Waals surface area (Å²) in [4.78, 5) is 14.1. The van der Waals surface area contributed by atoms with E-state index in [0.29, 0.717) is 12.6 Å². The van der Waals surface area contributed by atoms with Gasteiger partial charge in [0.2, 0.25) is 5.91 Å². The molecular formula is C16H22N2O2. The summed E-state index contributed by atoms with van der Waals surface area (Å²) in [5.74, 6) is 1.06. The maximum atomic E-state index is 12.1. The lowest BCUT2D eigenvalue weighted by atomic mass is 10.1. The van der Waals surface area contributed by atoms with Gasteiger partial charge in [-0.2, -0.15) is 0 Å². The third kappa shape index (κ3) is 2.66. The first-order chi connectivity index (χ1) is 9.78. The van der Waals surface area contributed by atoms with E-state index in [1.165, 1.54) is 24.0 Å². The van der Waals surface area contributed by atoms with Gasteiger partial charge in [0.05, 0.1) is 13.2 Å². The highest BCUT2D eigenvalue weighted by Gasteiger charge is 2.26. The number of carbonyl (C=O) groups is 1. The summed E-state index contributed by atoms with van der Waals surface area (Å²) in [6, 6.07) is 6.64. The van der Waals surface area contributed by atoms with Gasteiger partial charge in [-0.1, -0.05) is 25.0 Å². The largest absolute Gasteiger partial charge is 0.493 e. The highest BCUT2D eigenvalue weighted by atomic mass is 16.5. The van der Waals surface area contributed by atoms with Crippen molar-refractivity contribution >= 4 is 5.91 Å². The SMILES string of the molecule is NCC(=O)N(Cc1ccc2c(c1)CCO2)C1CCCC1. The summed E-state index contributed by atoms with van der Waals surface area (Å²) in [6.07, 6.45) is 5.63. The normalized spacial score (nSPS) is 17.9. The molecule has 0 bridgehead atoms. The predicted octanol–water partition coefficient (Wildman–Crippen LogP) is 1.85. The van der Waals surface area contributed by atoms with Crippen molar-refractivity contribution in [3.63, 3.8) is 0 Å². The van der Waals surface area contributed by atoms with Crippen molar-refractivity contribution in [3.05, 3.63) is 29.3 Å². The molecule has 4 heteroatoms. The fourth-order valence-corrected chi connectivity index (χ4v) is 3.29. The fourth-order valence-electron chi connectivity index (χ4n) is 3.29. The van der Waals surface area contributed by atoms with Crippen LogP contribution >= 0.6 is 0 Å². The molecule has 1 aliphatic heterocycles. The molecule has 1 aliphatic carbocycles. The van der Waals surface area contributed by atoms with Gasteiger partial charge in [-0.25, -0.2) is 0 Å². The molecule has 0 atom stereocenters. The Bertz CT molecular complexity index is 495. The van der Waals surface area contributed by atoms with Gasteiger partial charge in [-0.05, 0) is 30.0 Å². The second kappa shape index (κ2) is 5.83. The average Bonchev–Trinajstić information content (AvgIpc) is 3.14. The third-order valence-electron chi connectivity index (χ3n) is 4.37. The first kappa shape index (κ1) is 13.4. The Balaban J connectivity index is 1.76. The lowest BCUT2D eigenvalue weighted by molar-refractivity contribution is -0.132. The number of amides is 1. The highest BCUT2D eigenvalue weighted by molar-refractivity contribution is 5.78. The van der Waals surface area contributed by atoms with Crippen molar-refractivity contribution in [1.82, 2.24) is 4.90 Å². The number of fused-ring (bicyclic) bond motifs is 1. The zero-order valence-corrected chi connectivity index (χ0v) is 11.8. The Kier molecular flexibility index (Phi) is 3.92. The molecule has 108 valence electrons. The average molecular weight is 274 g/mol. The van der Waals surface area contributed by atoms with E-state index < -0.39 is 0 Å². The smallest absolute Gasteiger partial charge is 0.236 e. The Labute approximate surface area is 119 Å². The zero-order valence-electron chi connectivity index (χ0n) is 11.8. The number of hydrogen-bond acceptors (Lipinski definition) is 3. The van der Waals surface area contributed by atoms with E-state index in [1.807, 2.05) is 11.0 Å². The van der Waals surface area contributed by atoms with Crippen LogP contribution in [0.15, 0.2) is 18.2 Å². The highest BCUT2D eigenvalue weighted by Crippen LogP contribution is 2.28. The molecular weight excluding hydrogens is 252 g/mol. The number of carbonyl (C=O) groups excluding carboxylic acids is 1. The number of nitrogens with zero attached hydrogens (tertiary/aromatic N) is 1. The van der Waals surface area contributed by atoms with Gasteiger partial charge in [0.15, 0.2) is 0 Å². The summed E-state index contributed by atoms with van der Waals surface area (Å²) in [5, 5.41) is 0. The number of ether oxygens (including phenoxy) is 1. The maximum absolute atomic E-state index is 12.1.